The molecule has 2 amide bonds. The fourth-order valence-corrected chi connectivity index (χ4v) is 3.28. The highest BCUT2D eigenvalue weighted by Crippen LogP contribution is 2.27. The molecule has 1 atom stereocenters. The Balaban J connectivity index is 1.81. The predicted octanol–water partition coefficient (Wildman–Crippen LogP) is 1.05. The number of rotatable bonds is 2. The van der Waals surface area contributed by atoms with Crippen LogP contribution in [0.15, 0.2) is 23.1 Å². The minimum absolute atomic E-state index is 0.0159. The van der Waals surface area contributed by atoms with Crippen LogP contribution < -0.4 is 5.56 Å². The van der Waals surface area contributed by atoms with Gasteiger partial charge in [-0.25, -0.2) is 0 Å². The first-order chi connectivity index (χ1) is 11.3. The second kappa shape index (κ2) is 5.95. The summed E-state index contributed by atoms with van der Waals surface area (Å²) in [6, 6.07) is 1.79. The minimum atomic E-state index is -4.76. The number of amides is 2. The second-order valence-electron chi connectivity index (χ2n) is 5.90. The standard InChI is InChI=1S/C15H16F3N3O3/c16-15(17,18)10-3-1-6-19(14(10)24)9-13(23)21-8-5-12(22)20-7-2-4-11(20)21/h1,3,6,11H,2,4-5,7-9H2. The van der Waals surface area contributed by atoms with E-state index < -0.39 is 29.8 Å². The summed E-state index contributed by atoms with van der Waals surface area (Å²) in [5.74, 6) is -0.474. The molecule has 2 fully saturated rings. The third-order valence-corrected chi connectivity index (χ3v) is 4.42. The Bertz CT molecular complexity index is 729. The van der Waals surface area contributed by atoms with E-state index in [1.54, 1.807) is 4.90 Å². The number of hydrogen-bond acceptors (Lipinski definition) is 3. The van der Waals surface area contributed by atoms with Crippen LogP contribution in [0.3, 0.4) is 0 Å². The summed E-state index contributed by atoms with van der Waals surface area (Å²) in [7, 11) is 0. The lowest BCUT2D eigenvalue weighted by atomic mass is 10.2. The number of pyridine rings is 1. The third kappa shape index (κ3) is 2.90. The van der Waals surface area contributed by atoms with Gasteiger partial charge >= 0.3 is 6.18 Å². The monoisotopic (exact) mass is 343 g/mol. The Morgan fingerprint density at radius 3 is 2.71 bits per heavy atom. The van der Waals surface area contributed by atoms with Crippen LogP contribution in [0.1, 0.15) is 24.8 Å². The van der Waals surface area contributed by atoms with Crippen molar-refractivity contribution >= 4 is 11.8 Å². The highest BCUT2D eigenvalue weighted by atomic mass is 19.4. The molecule has 24 heavy (non-hydrogen) atoms. The van der Waals surface area contributed by atoms with Crippen molar-refractivity contribution in [3.05, 3.63) is 34.2 Å². The molecule has 0 saturated carbocycles. The maximum atomic E-state index is 12.8. The molecule has 6 nitrogen and oxygen atoms in total. The smallest absolute Gasteiger partial charge is 0.322 e. The lowest BCUT2D eigenvalue weighted by Gasteiger charge is -2.39. The van der Waals surface area contributed by atoms with Crippen LogP contribution in [0.25, 0.3) is 0 Å². The number of halogens is 3. The topological polar surface area (TPSA) is 62.6 Å². The molecule has 9 heteroatoms. The van der Waals surface area contributed by atoms with Crippen LogP contribution in [0.5, 0.6) is 0 Å². The summed E-state index contributed by atoms with van der Waals surface area (Å²) < 4.78 is 39.1. The fraction of sp³-hybridized carbons (Fsp3) is 0.533. The molecule has 0 aliphatic carbocycles. The van der Waals surface area contributed by atoms with Crippen LogP contribution in [0, 0.1) is 0 Å². The molecule has 3 rings (SSSR count). The molecule has 1 aromatic heterocycles. The van der Waals surface area contributed by atoms with E-state index in [9.17, 15) is 27.6 Å². The van der Waals surface area contributed by atoms with E-state index in [-0.39, 0.29) is 25.0 Å². The number of nitrogens with zero attached hydrogens (tertiary/aromatic N) is 3. The first-order valence-corrected chi connectivity index (χ1v) is 7.64. The van der Waals surface area contributed by atoms with Gasteiger partial charge in [0.2, 0.25) is 11.8 Å². The number of aromatic nitrogens is 1. The van der Waals surface area contributed by atoms with E-state index in [4.69, 9.17) is 0 Å². The normalized spacial score (nSPS) is 21.1. The molecule has 0 radical (unpaired) electrons. The largest absolute Gasteiger partial charge is 0.421 e. The van der Waals surface area contributed by atoms with Crippen molar-refractivity contribution in [3.63, 3.8) is 0 Å². The molecular weight excluding hydrogens is 327 g/mol. The van der Waals surface area contributed by atoms with Gasteiger partial charge in [0.25, 0.3) is 5.56 Å². The molecule has 3 heterocycles. The predicted molar refractivity (Wildman–Crippen MR) is 76.8 cm³/mol. The third-order valence-electron chi connectivity index (χ3n) is 4.42. The zero-order valence-electron chi connectivity index (χ0n) is 12.8. The molecule has 2 aliphatic rings. The molecule has 1 unspecified atom stereocenters. The maximum absolute atomic E-state index is 12.8. The Kier molecular flexibility index (Phi) is 4.10. The van der Waals surface area contributed by atoms with E-state index in [2.05, 4.69) is 0 Å². The fourth-order valence-electron chi connectivity index (χ4n) is 3.28. The van der Waals surface area contributed by atoms with Crippen molar-refractivity contribution in [2.45, 2.75) is 38.1 Å². The van der Waals surface area contributed by atoms with Gasteiger partial charge in [-0.15, -0.1) is 0 Å². The van der Waals surface area contributed by atoms with Crippen LogP contribution in [0.2, 0.25) is 0 Å². The van der Waals surface area contributed by atoms with Gasteiger partial charge in [-0.05, 0) is 25.0 Å². The van der Waals surface area contributed by atoms with Gasteiger partial charge in [-0.1, -0.05) is 0 Å². The zero-order chi connectivity index (χ0) is 17.5. The summed E-state index contributed by atoms with van der Waals surface area (Å²) >= 11 is 0. The van der Waals surface area contributed by atoms with Crippen molar-refractivity contribution in [2.75, 3.05) is 13.1 Å². The first-order valence-electron chi connectivity index (χ1n) is 7.64. The lowest BCUT2D eigenvalue weighted by Crippen LogP contribution is -2.56. The number of hydrogen-bond donors (Lipinski definition) is 0. The molecule has 1 aromatic rings. The second-order valence-corrected chi connectivity index (χ2v) is 5.90. The molecule has 0 bridgehead atoms. The number of carbonyl (C=O) groups excluding carboxylic acids is 2. The van der Waals surface area contributed by atoms with Gasteiger partial charge in [0.15, 0.2) is 0 Å². The SMILES string of the molecule is O=C1CCN(C(=O)Cn2cccc(C(F)(F)F)c2=O)C2CCCN12. The Morgan fingerprint density at radius 1 is 1.25 bits per heavy atom. The quantitative estimate of drug-likeness (QED) is 0.806. The molecule has 0 spiro atoms. The Hall–Kier alpha value is -2.32. The summed E-state index contributed by atoms with van der Waals surface area (Å²) in [6.45, 7) is 0.338. The molecular formula is C15H16F3N3O3. The molecule has 130 valence electrons. The van der Waals surface area contributed by atoms with Gasteiger partial charge in [0.1, 0.15) is 18.3 Å². The van der Waals surface area contributed by atoms with Crippen LogP contribution in [-0.2, 0) is 22.3 Å². The average Bonchev–Trinajstić information content (AvgIpc) is 2.98. The Labute approximate surface area is 135 Å². The van der Waals surface area contributed by atoms with Crippen molar-refractivity contribution in [1.82, 2.24) is 14.4 Å². The molecule has 0 N–H and O–H groups in total. The molecule has 0 aromatic carbocycles. The van der Waals surface area contributed by atoms with Gasteiger partial charge in [-0.3, -0.25) is 14.4 Å². The maximum Gasteiger partial charge on any atom is 0.421 e. The van der Waals surface area contributed by atoms with Crippen LogP contribution >= 0.6 is 0 Å². The number of carbonyl (C=O) groups is 2. The summed E-state index contributed by atoms with van der Waals surface area (Å²) in [5, 5.41) is 0. The molecule has 2 saturated heterocycles. The van der Waals surface area contributed by atoms with E-state index in [1.807, 2.05) is 0 Å². The van der Waals surface area contributed by atoms with Crippen molar-refractivity contribution < 1.29 is 22.8 Å². The van der Waals surface area contributed by atoms with Crippen molar-refractivity contribution in [1.29, 1.82) is 0 Å². The van der Waals surface area contributed by atoms with Crippen molar-refractivity contribution in [3.8, 4) is 0 Å². The number of alkyl halides is 3. The first kappa shape index (κ1) is 16.5. The highest BCUT2D eigenvalue weighted by molar-refractivity contribution is 5.82. The van der Waals surface area contributed by atoms with Gasteiger partial charge in [-0.2, -0.15) is 13.2 Å². The lowest BCUT2D eigenvalue weighted by molar-refractivity contribution is -0.151. The van der Waals surface area contributed by atoms with Crippen LogP contribution in [-0.4, -0.2) is 45.4 Å². The van der Waals surface area contributed by atoms with Gasteiger partial charge < -0.3 is 14.4 Å². The summed E-state index contributed by atoms with van der Waals surface area (Å²) in [6.07, 6.45) is -2.32. The summed E-state index contributed by atoms with van der Waals surface area (Å²) in [5.41, 5.74) is -2.54. The van der Waals surface area contributed by atoms with Crippen LogP contribution in [0.4, 0.5) is 13.2 Å². The average molecular weight is 343 g/mol. The summed E-state index contributed by atoms with van der Waals surface area (Å²) in [4.78, 5) is 39.3. The number of fused-ring (bicyclic) bond motifs is 1. The van der Waals surface area contributed by atoms with E-state index in [1.165, 1.54) is 4.90 Å². The van der Waals surface area contributed by atoms with Crippen molar-refractivity contribution in [2.24, 2.45) is 0 Å². The zero-order valence-corrected chi connectivity index (χ0v) is 12.8. The Morgan fingerprint density at radius 2 is 2.00 bits per heavy atom. The minimum Gasteiger partial charge on any atom is -0.322 e. The molecule has 2 aliphatic heterocycles. The van der Waals surface area contributed by atoms with E-state index >= 15 is 0 Å². The van der Waals surface area contributed by atoms with E-state index in [0.717, 1.165) is 23.3 Å². The van der Waals surface area contributed by atoms with Gasteiger partial charge in [0.05, 0.1) is 0 Å². The van der Waals surface area contributed by atoms with E-state index in [0.29, 0.717) is 19.0 Å². The highest BCUT2D eigenvalue weighted by Gasteiger charge is 2.39. The van der Waals surface area contributed by atoms with Gasteiger partial charge in [0, 0.05) is 25.7 Å².